The lowest BCUT2D eigenvalue weighted by Gasteiger charge is -2.05. The van der Waals surface area contributed by atoms with Gasteiger partial charge in [0.05, 0.1) is 42.0 Å². The number of thiophene rings is 1. The van der Waals surface area contributed by atoms with E-state index in [0.717, 1.165) is 5.69 Å². The Kier molecular flexibility index (Phi) is 5.75. The Morgan fingerprint density at radius 2 is 2.19 bits per heavy atom. The third-order valence-electron chi connectivity index (χ3n) is 3.96. The summed E-state index contributed by atoms with van der Waals surface area (Å²) in [5.74, 6) is -0.226. The molecular weight excluding hydrogens is 352 g/mol. The topological polar surface area (TPSA) is 86.1 Å². The van der Waals surface area contributed by atoms with Gasteiger partial charge in [0.2, 0.25) is 0 Å². The van der Waals surface area contributed by atoms with Crippen LogP contribution in [0.4, 0.5) is 0 Å². The highest BCUT2D eigenvalue weighted by Gasteiger charge is 2.19. The molecule has 0 aliphatic carbocycles. The molecule has 0 aromatic carbocycles. The first kappa shape index (κ1) is 18.2. The van der Waals surface area contributed by atoms with Gasteiger partial charge in [-0.25, -0.2) is 4.98 Å². The molecule has 3 rings (SSSR count). The second-order valence-corrected chi connectivity index (χ2v) is 6.68. The van der Waals surface area contributed by atoms with E-state index in [1.54, 1.807) is 13.1 Å². The predicted molar refractivity (Wildman–Crippen MR) is 101 cm³/mol. The summed E-state index contributed by atoms with van der Waals surface area (Å²) in [6.45, 7) is 5.51. The molecular formula is C18H20N4O3S. The number of aryl methyl sites for hydroxylation is 1. The van der Waals surface area contributed by atoms with Gasteiger partial charge in [0.15, 0.2) is 0 Å². The van der Waals surface area contributed by atoms with E-state index in [-0.39, 0.29) is 11.5 Å². The molecule has 3 aromatic rings. The molecule has 1 amide bonds. The van der Waals surface area contributed by atoms with E-state index in [1.807, 2.05) is 25.1 Å². The number of carbonyl (C=O) groups excluding carboxylic acids is 1. The smallest absolute Gasteiger partial charge is 0.262 e. The molecule has 3 heterocycles. The minimum atomic E-state index is -0.226. The van der Waals surface area contributed by atoms with Crippen molar-refractivity contribution in [3.05, 3.63) is 57.2 Å². The maximum absolute atomic E-state index is 12.7. The minimum Gasteiger partial charge on any atom is -0.380 e. The van der Waals surface area contributed by atoms with Crippen LogP contribution in [0.15, 0.2) is 35.5 Å². The summed E-state index contributed by atoms with van der Waals surface area (Å²) < 4.78 is 6.82. The van der Waals surface area contributed by atoms with E-state index in [1.165, 1.54) is 22.2 Å². The third-order valence-corrected chi connectivity index (χ3v) is 5.16. The minimum absolute atomic E-state index is 0.146. The molecule has 26 heavy (non-hydrogen) atoms. The van der Waals surface area contributed by atoms with Gasteiger partial charge in [-0.2, -0.15) is 0 Å². The number of ether oxygens (including phenoxy) is 1. The quantitative estimate of drug-likeness (QED) is 0.642. The molecule has 0 bridgehead atoms. The summed E-state index contributed by atoms with van der Waals surface area (Å²) in [6, 6.07) is 5.54. The molecule has 0 radical (unpaired) electrons. The normalized spacial score (nSPS) is 11.0. The van der Waals surface area contributed by atoms with Crippen LogP contribution in [0.1, 0.15) is 27.9 Å². The number of aromatic nitrogens is 3. The average Bonchev–Trinajstić information content (AvgIpc) is 3.00. The van der Waals surface area contributed by atoms with Crippen LogP contribution in [-0.2, 0) is 17.8 Å². The highest BCUT2D eigenvalue weighted by Crippen LogP contribution is 2.26. The SMILES string of the molecule is CCOCCn1cnc2sc(C(=O)NCc3ccccn3)c(C)c2c1=O. The Morgan fingerprint density at radius 1 is 1.35 bits per heavy atom. The molecule has 0 fully saturated rings. The monoisotopic (exact) mass is 372 g/mol. The van der Waals surface area contributed by atoms with Crippen molar-refractivity contribution in [2.24, 2.45) is 0 Å². The lowest BCUT2D eigenvalue weighted by molar-refractivity contribution is 0.0954. The summed E-state index contributed by atoms with van der Waals surface area (Å²) >= 11 is 1.23. The zero-order valence-electron chi connectivity index (χ0n) is 14.7. The Morgan fingerprint density at radius 3 is 2.92 bits per heavy atom. The van der Waals surface area contributed by atoms with Crippen LogP contribution >= 0.6 is 11.3 Å². The van der Waals surface area contributed by atoms with Crippen LogP contribution in [0.3, 0.4) is 0 Å². The second kappa shape index (κ2) is 8.20. The van der Waals surface area contributed by atoms with Crippen molar-refractivity contribution in [1.29, 1.82) is 0 Å². The van der Waals surface area contributed by atoms with Crippen molar-refractivity contribution in [1.82, 2.24) is 19.9 Å². The number of pyridine rings is 1. The van der Waals surface area contributed by atoms with Gasteiger partial charge in [0.1, 0.15) is 4.83 Å². The highest BCUT2D eigenvalue weighted by molar-refractivity contribution is 7.20. The fourth-order valence-corrected chi connectivity index (χ4v) is 3.65. The lowest BCUT2D eigenvalue weighted by atomic mass is 10.2. The van der Waals surface area contributed by atoms with Gasteiger partial charge < -0.3 is 10.1 Å². The zero-order chi connectivity index (χ0) is 18.5. The van der Waals surface area contributed by atoms with Crippen LogP contribution < -0.4 is 10.9 Å². The molecule has 0 atom stereocenters. The molecule has 136 valence electrons. The van der Waals surface area contributed by atoms with Gasteiger partial charge in [-0.15, -0.1) is 11.3 Å². The summed E-state index contributed by atoms with van der Waals surface area (Å²) in [5, 5.41) is 3.34. The maximum atomic E-state index is 12.7. The van der Waals surface area contributed by atoms with Gasteiger partial charge in [-0.05, 0) is 31.5 Å². The van der Waals surface area contributed by atoms with Gasteiger partial charge in [-0.3, -0.25) is 19.1 Å². The van der Waals surface area contributed by atoms with E-state index in [0.29, 0.717) is 47.0 Å². The number of nitrogens with zero attached hydrogens (tertiary/aromatic N) is 3. The van der Waals surface area contributed by atoms with Crippen LogP contribution in [-0.4, -0.2) is 33.7 Å². The Bertz CT molecular complexity index is 966. The zero-order valence-corrected chi connectivity index (χ0v) is 15.5. The summed E-state index contributed by atoms with van der Waals surface area (Å²) in [6.07, 6.45) is 3.19. The van der Waals surface area contributed by atoms with Gasteiger partial charge in [0.25, 0.3) is 11.5 Å². The Balaban J connectivity index is 1.83. The van der Waals surface area contributed by atoms with Gasteiger partial charge in [0, 0.05) is 12.8 Å². The molecule has 0 aliphatic heterocycles. The Labute approximate surface area is 154 Å². The van der Waals surface area contributed by atoms with E-state index < -0.39 is 0 Å². The number of hydrogen-bond acceptors (Lipinski definition) is 6. The van der Waals surface area contributed by atoms with E-state index in [2.05, 4.69) is 15.3 Å². The summed E-state index contributed by atoms with van der Waals surface area (Å²) in [5.41, 5.74) is 1.29. The number of carbonyl (C=O) groups is 1. The average molecular weight is 372 g/mol. The van der Waals surface area contributed by atoms with E-state index in [9.17, 15) is 9.59 Å². The van der Waals surface area contributed by atoms with Crippen molar-refractivity contribution < 1.29 is 9.53 Å². The van der Waals surface area contributed by atoms with Crippen LogP contribution in [0.25, 0.3) is 10.2 Å². The molecule has 0 saturated carbocycles. The number of hydrogen-bond donors (Lipinski definition) is 1. The second-order valence-electron chi connectivity index (χ2n) is 5.68. The Hall–Kier alpha value is -2.58. The van der Waals surface area contributed by atoms with Crippen molar-refractivity contribution in [2.45, 2.75) is 26.9 Å². The predicted octanol–water partition coefficient (Wildman–Crippen LogP) is 2.13. The lowest BCUT2D eigenvalue weighted by Crippen LogP contribution is -2.24. The first-order chi connectivity index (χ1) is 12.6. The number of rotatable bonds is 7. The molecule has 3 aromatic heterocycles. The van der Waals surface area contributed by atoms with Gasteiger partial charge in [-0.1, -0.05) is 6.07 Å². The molecule has 0 unspecified atom stereocenters. The van der Waals surface area contributed by atoms with Crippen molar-refractivity contribution in [2.75, 3.05) is 13.2 Å². The largest absolute Gasteiger partial charge is 0.380 e. The van der Waals surface area contributed by atoms with Crippen molar-refractivity contribution in [3.8, 4) is 0 Å². The number of amides is 1. The van der Waals surface area contributed by atoms with Crippen LogP contribution in [0.5, 0.6) is 0 Å². The molecule has 8 heteroatoms. The van der Waals surface area contributed by atoms with Crippen LogP contribution in [0, 0.1) is 6.92 Å². The van der Waals surface area contributed by atoms with E-state index in [4.69, 9.17) is 4.74 Å². The van der Waals surface area contributed by atoms with Gasteiger partial charge >= 0.3 is 0 Å². The summed E-state index contributed by atoms with van der Waals surface area (Å²) in [7, 11) is 0. The maximum Gasteiger partial charge on any atom is 0.262 e. The fourth-order valence-electron chi connectivity index (χ4n) is 2.60. The molecule has 0 saturated heterocycles. The fraction of sp³-hybridized carbons (Fsp3) is 0.333. The molecule has 1 N–H and O–H groups in total. The highest BCUT2D eigenvalue weighted by atomic mass is 32.1. The standard InChI is InChI=1S/C18H20N4O3S/c1-3-25-9-8-22-11-21-17-14(18(22)24)12(2)15(26-17)16(23)20-10-13-6-4-5-7-19-13/h4-7,11H,3,8-10H2,1-2H3,(H,20,23). The third kappa shape index (κ3) is 3.81. The number of nitrogens with one attached hydrogen (secondary N) is 1. The van der Waals surface area contributed by atoms with E-state index >= 15 is 0 Å². The molecule has 0 spiro atoms. The molecule has 7 nitrogen and oxygen atoms in total. The first-order valence-electron chi connectivity index (χ1n) is 8.36. The van der Waals surface area contributed by atoms with Crippen molar-refractivity contribution >= 4 is 27.5 Å². The number of fused-ring (bicyclic) bond motifs is 1. The molecule has 0 aliphatic rings. The van der Waals surface area contributed by atoms with Crippen LogP contribution in [0.2, 0.25) is 0 Å². The summed E-state index contributed by atoms with van der Waals surface area (Å²) in [4.78, 5) is 34.8. The first-order valence-corrected chi connectivity index (χ1v) is 9.17. The van der Waals surface area contributed by atoms with Crippen molar-refractivity contribution in [3.63, 3.8) is 0 Å².